The van der Waals surface area contributed by atoms with Crippen LogP contribution < -0.4 is 19.7 Å². The summed E-state index contributed by atoms with van der Waals surface area (Å²) in [5.41, 5.74) is 2.63. The summed E-state index contributed by atoms with van der Waals surface area (Å²) < 4.78 is 27.3. The molecular formula is C28H31FN7O3Pb. The molecule has 12 heteroatoms. The maximum absolute atomic E-state index is 14.2. The molecule has 0 unspecified atom stereocenters. The van der Waals surface area contributed by atoms with Crippen molar-refractivity contribution in [3.63, 3.8) is 0 Å². The summed E-state index contributed by atoms with van der Waals surface area (Å²) in [5.74, 6) is 1.16. The van der Waals surface area contributed by atoms with Crippen LogP contribution in [0.1, 0.15) is 48.3 Å². The number of hydrogen-bond acceptors (Lipinski definition) is 9. The van der Waals surface area contributed by atoms with Gasteiger partial charge in [-0.1, -0.05) is 0 Å². The van der Waals surface area contributed by atoms with Gasteiger partial charge in [0.25, 0.3) is 0 Å². The normalized spacial score (nSPS) is 17.7. The van der Waals surface area contributed by atoms with E-state index in [4.69, 9.17) is 9.47 Å². The summed E-state index contributed by atoms with van der Waals surface area (Å²) in [4.78, 5) is 26.1. The average molecular weight is 740 g/mol. The molecule has 0 bridgehead atoms. The number of hydrogen-bond donors (Lipinski definition) is 1. The van der Waals surface area contributed by atoms with Crippen LogP contribution in [-0.2, 0) is 13.0 Å². The predicted octanol–water partition coefficient (Wildman–Crippen LogP) is 2.87. The molecule has 3 radical (unpaired) electrons. The first-order valence-corrected chi connectivity index (χ1v) is 16.3. The number of rotatable bonds is 8. The number of carbonyl (C=O) groups is 1. The van der Waals surface area contributed by atoms with Crippen molar-refractivity contribution >= 4 is 37.5 Å². The molecule has 2 aromatic heterocycles. The monoisotopic (exact) mass is 740 g/mol. The van der Waals surface area contributed by atoms with Gasteiger partial charge in [0, 0.05) is 37.0 Å². The Balaban J connectivity index is 1.13. The van der Waals surface area contributed by atoms with Crippen LogP contribution in [0, 0.1) is 11.2 Å². The van der Waals surface area contributed by atoms with E-state index in [1.807, 2.05) is 26.1 Å². The van der Waals surface area contributed by atoms with Gasteiger partial charge in [-0.25, -0.2) is 0 Å². The number of aromatic nitrogens is 4. The number of benzene rings is 1. The third-order valence-electron chi connectivity index (χ3n) is 7.91. The number of halogens is 1. The zero-order valence-electron chi connectivity index (χ0n) is 22.6. The fourth-order valence-electron chi connectivity index (χ4n) is 5.84. The summed E-state index contributed by atoms with van der Waals surface area (Å²) in [6.45, 7) is 7.23. The number of nitrogens with one attached hydrogen (secondary N) is 1. The molecule has 3 aromatic rings. The molecule has 207 valence electrons. The molecule has 40 heavy (non-hydrogen) atoms. The van der Waals surface area contributed by atoms with Crippen molar-refractivity contribution in [2.24, 2.45) is 5.41 Å². The molecule has 1 aromatic carbocycles. The summed E-state index contributed by atoms with van der Waals surface area (Å²) in [5, 5.41) is 11.5. The number of anilines is 1. The Morgan fingerprint density at radius 1 is 1.25 bits per heavy atom. The van der Waals surface area contributed by atoms with Crippen molar-refractivity contribution in [1.82, 2.24) is 30.4 Å². The molecule has 1 spiro atoms. The quantitative estimate of drug-likeness (QED) is 0.350. The second kappa shape index (κ2) is 11.1. The van der Waals surface area contributed by atoms with Crippen LogP contribution in [0.15, 0.2) is 36.8 Å². The van der Waals surface area contributed by atoms with Gasteiger partial charge in [-0.15, -0.1) is 0 Å². The van der Waals surface area contributed by atoms with Crippen molar-refractivity contribution in [3.05, 3.63) is 59.4 Å². The molecule has 1 saturated carbocycles. The van der Waals surface area contributed by atoms with Gasteiger partial charge in [0.15, 0.2) is 0 Å². The molecule has 10 nitrogen and oxygen atoms in total. The van der Waals surface area contributed by atoms with Crippen molar-refractivity contribution in [3.8, 4) is 17.4 Å². The Morgan fingerprint density at radius 2 is 2.08 bits per heavy atom. The molecule has 4 heterocycles. The van der Waals surface area contributed by atoms with Gasteiger partial charge in [-0.3, -0.25) is 4.98 Å². The molecular weight excluding hydrogens is 709 g/mol. The summed E-state index contributed by atoms with van der Waals surface area (Å²) in [6, 6.07) is 5.92. The number of fused-ring (bicyclic) bond motifs is 1. The zero-order chi connectivity index (χ0) is 27.9. The Morgan fingerprint density at radius 3 is 2.85 bits per heavy atom. The maximum atomic E-state index is 14.2. The molecule has 0 atom stereocenters. The zero-order valence-corrected chi connectivity index (χ0v) is 26.4. The third-order valence-corrected chi connectivity index (χ3v) is 9.24. The van der Waals surface area contributed by atoms with E-state index < -0.39 is 5.82 Å². The van der Waals surface area contributed by atoms with Crippen LogP contribution in [0.5, 0.6) is 17.4 Å². The van der Waals surface area contributed by atoms with Crippen LogP contribution >= 0.6 is 0 Å². The third kappa shape index (κ3) is 5.25. The summed E-state index contributed by atoms with van der Waals surface area (Å²) >= 11 is 0.807. The van der Waals surface area contributed by atoms with E-state index in [-0.39, 0.29) is 40.7 Å². The van der Waals surface area contributed by atoms with E-state index in [9.17, 15) is 9.18 Å². The van der Waals surface area contributed by atoms with Crippen molar-refractivity contribution in [1.29, 1.82) is 0 Å². The topological polar surface area (TPSA) is 106 Å². The summed E-state index contributed by atoms with van der Waals surface area (Å²) in [6.07, 6.45) is 6.26. The Hall–Kier alpha value is -2.94. The van der Waals surface area contributed by atoms with E-state index in [0.717, 1.165) is 82.7 Å². The standard InChI is InChI=1S/C28H31FN7O3.Pb/c1-17(2)35(3)27(37)20-10-18(29)4-5-23(20)39-26-25(32-16-33-34-26)36-14-28(15-36)11-19(12-28)38-24-7-9-31-22-6-8-30-13-21(22)24;/h4-5,7,9-10,16-17,19,30H,3,6,8,11-15H2,1-2H3;. The van der Waals surface area contributed by atoms with Crippen LogP contribution in [0.2, 0.25) is 0 Å². The molecule has 2 aliphatic heterocycles. The van der Waals surface area contributed by atoms with Gasteiger partial charge in [-0.2, -0.15) is 0 Å². The first kappa shape index (κ1) is 27.2. The molecule has 1 N–H and O–H groups in total. The van der Waals surface area contributed by atoms with Crippen molar-refractivity contribution in [2.75, 3.05) is 28.6 Å². The van der Waals surface area contributed by atoms with E-state index in [1.165, 1.54) is 30.1 Å². The van der Waals surface area contributed by atoms with Crippen LogP contribution in [0.25, 0.3) is 0 Å². The Kier molecular flexibility index (Phi) is 7.59. The van der Waals surface area contributed by atoms with Crippen molar-refractivity contribution in [2.45, 2.75) is 51.8 Å². The van der Waals surface area contributed by atoms with Gasteiger partial charge in [0.2, 0.25) is 0 Å². The SMILES string of the molecule is CC(C)N([CH2][Pb])C(=O)c1cc(F)ccc1Oc1nncnc1N1CC2(CC(Oc3ccnc4c3CNCC4)C2)C1. The molecule has 1 aliphatic carbocycles. The Bertz CT molecular complexity index is 1410. The van der Waals surface area contributed by atoms with Crippen LogP contribution in [0.4, 0.5) is 10.2 Å². The van der Waals surface area contributed by atoms with E-state index in [0.29, 0.717) is 9.92 Å². The molecule has 6 rings (SSSR count). The van der Waals surface area contributed by atoms with Crippen molar-refractivity contribution < 1.29 is 18.7 Å². The predicted molar refractivity (Wildman–Crippen MR) is 146 cm³/mol. The second-order valence-corrected chi connectivity index (χ2v) is 12.3. The van der Waals surface area contributed by atoms with Gasteiger partial charge >= 0.3 is 179 Å². The first-order valence-electron chi connectivity index (χ1n) is 13.6. The number of carbonyl (C=O) groups excluding carboxylic acids is 1. The fraction of sp³-hybridized carbons (Fsp3) is 0.464. The molecule has 2 fully saturated rings. The molecule has 1 amide bonds. The molecule has 3 aliphatic rings. The number of amides is 1. The summed E-state index contributed by atoms with van der Waals surface area (Å²) in [7, 11) is 0. The van der Waals surface area contributed by atoms with E-state index in [1.54, 1.807) is 4.90 Å². The van der Waals surface area contributed by atoms with Gasteiger partial charge < -0.3 is 10.1 Å². The van der Waals surface area contributed by atoms with Gasteiger partial charge in [-0.05, 0) is 6.07 Å². The van der Waals surface area contributed by atoms with Crippen LogP contribution in [0.3, 0.4) is 0 Å². The van der Waals surface area contributed by atoms with Gasteiger partial charge in [0.05, 0.1) is 0 Å². The number of ether oxygens (including phenoxy) is 2. The van der Waals surface area contributed by atoms with Gasteiger partial charge in [0.1, 0.15) is 11.9 Å². The van der Waals surface area contributed by atoms with E-state index in [2.05, 4.69) is 30.4 Å². The average Bonchev–Trinajstić information content (AvgIpc) is 2.91. The Labute approximate surface area is 248 Å². The minimum absolute atomic E-state index is 0.0111. The minimum atomic E-state index is -0.500. The van der Waals surface area contributed by atoms with Crippen LogP contribution in [-0.4, -0.2) is 92.6 Å². The van der Waals surface area contributed by atoms with E-state index >= 15 is 0 Å². The first-order chi connectivity index (χ1) is 19.4. The number of nitrogens with zero attached hydrogens (tertiary/aromatic N) is 6. The number of pyridine rings is 1. The fourth-order valence-corrected chi connectivity index (χ4v) is 7.82. The second-order valence-electron chi connectivity index (χ2n) is 11.0. The molecule has 1 saturated heterocycles.